The van der Waals surface area contributed by atoms with Gasteiger partial charge in [-0.25, -0.2) is 0 Å². The van der Waals surface area contributed by atoms with Gasteiger partial charge in [-0.05, 0) is 109 Å². The molecule has 6 nitrogen and oxygen atoms in total. The summed E-state index contributed by atoms with van der Waals surface area (Å²) in [5, 5.41) is 0. The van der Waals surface area contributed by atoms with E-state index in [4.69, 9.17) is 14.2 Å². The molecule has 6 heteroatoms. The van der Waals surface area contributed by atoms with Crippen LogP contribution in [0.1, 0.15) is 303 Å². The first-order valence-electron chi connectivity index (χ1n) is 33.0. The smallest absolute Gasteiger partial charge is 0.306 e. The molecule has 1 unspecified atom stereocenters. The Morgan fingerprint density at radius 1 is 0.266 bits per heavy atom. The van der Waals surface area contributed by atoms with Crippen LogP contribution in [0.3, 0.4) is 0 Å². The van der Waals surface area contributed by atoms with Crippen molar-refractivity contribution in [3.63, 3.8) is 0 Å². The van der Waals surface area contributed by atoms with Crippen molar-refractivity contribution in [1.29, 1.82) is 0 Å². The van der Waals surface area contributed by atoms with Gasteiger partial charge in [0.15, 0.2) is 6.10 Å². The number of hydrogen-bond acceptors (Lipinski definition) is 6. The maximum Gasteiger partial charge on any atom is 0.306 e. The number of carbonyl (C=O) groups is 3. The average Bonchev–Trinajstić information content (AvgIpc) is 3.45. The van der Waals surface area contributed by atoms with Crippen LogP contribution < -0.4 is 0 Å². The van der Waals surface area contributed by atoms with E-state index in [0.717, 1.165) is 141 Å². The Morgan fingerprint density at radius 3 is 0.823 bits per heavy atom. The Bertz CT molecular complexity index is 1640. The fourth-order valence-corrected chi connectivity index (χ4v) is 9.03. The van der Waals surface area contributed by atoms with Crippen LogP contribution in [-0.2, 0) is 28.6 Å². The van der Waals surface area contributed by atoms with Crippen LogP contribution in [0, 0.1) is 0 Å². The first kappa shape index (κ1) is 74.8. The molecule has 0 bridgehead atoms. The molecule has 0 spiro atoms. The molecule has 0 aliphatic heterocycles. The molecule has 1 atom stereocenters. The van der Waals surface area contributed by atoms with Crippen LogP contribution in [0.25, 0.3) is 0 Å². The standard InChI is InChI=1S/C73H122O6/c1-4-7-10-13-16-19-22-25-26-27-28-29-30-31-32-33-34-35-36-37-38-39-40-41-42-43-44-45-46-49-51-54-57-60-63-66-72(75)78-69-70(79-73(76)67-64-61-58-55-52-48-24-21-18-15-12-9-6-3)68-77-71(74)65-62-59-56-53-50-47-23-20-17-14-11-8-5-2/h7,10,12,15-16,19,21,24-26,28-29,31-32,34-35,37-38,40-41,70H,4-6,8-9,11,13-14,17-18,20,22-23,27,30,33,36,39,42-69H2,1-3H3/b10-7-,15-12-,19-16-,24-21-,26-25-,29-28-,32-31-,35-34-,38-37-,41-40-. The van der Waals surface area contributed by atoms with E-state index in [2.05, 4.69) is 142 Å². The molecule has 0 N–H and O–H groups in total. The van der Waals surface area contributed by atoms with Crippen molar-refractivity contribution in [3.05, 3.63) is 122 Å². The van der Waals surface area contributed by atoms with E-state index in [9.17, 15) is 14.4 Å². The van der Waals surface area contributed by atoms with Gasteiger partial charge < -0.3 is 14.2 Å². The molecule has 0 saturated carbocycles. The summed E-state index contributed by atoms with van der Waals surface area (Å²) >= 11 is 0. The number of rotatable bonds is 59. The molecular weight excluding hydrogens is 973 g/mol. The highest BCUT2D eigenvalue weighted by molar-refractivity contribution is 5.71. The van der Waals surface area contributed by atoms with Gasteiger partial charge in [-0.3, -0.25) is 14.4 Å². The summed E-state index contributed by atoms with van der Waals surface area (Å²) in [6, 6.07) is 0. The lowest BCUT2D eigenvalue weighted by atomic mass is 10.0. The van der Waals surface area contributed by atoms with Crippen molar-refractivity contribution in [2.45, 2.75) is 309 Å². The number of esters is 3. The number of carbonyl (C=O) groups excluding carboxylic acids is 3. The van der Waals surface area contributed by atoms with Gasteiger partial charge >= 0.3 is 17.9 Å². The molecule has 0 fully saturated rings. The summed E-state index contributed by atoms with van der Waals surface area (Å²) in [6.45, 7) is 6.46. The van der Waals surface area contributed by atoms with E-state index < -0.39 is 6.10 Å². The third-order valence-electron chi connectivity index (χ3n) is 13.9. The second-order valence-corrected chi connectivity index (χ2v) is 21.6. The number of hydrogen-bond donors (Lipinski definition) is 0. The number of ether oxygens (including phenoxy) is 3. The zero-order chi connectivity index (χ0) is 57.1. The topological polar surface area (TPSA) is 78.9 Å². The Hall–Kier alpha value is -4.19. The van der Waals surface area contributed by atoms with Gasteiger partial charge in [0, 0.05) is 19.3 Å². The van der Waals surface area contributed by atoms with E-state index in [-0.39, 0.29) is 31.1 Å². The van der Waals surface area contributed by atoms with Gasteiger partial charge in [0.05, 0.1) is 0 Å². The SMILES string of the molecule is CC/C=C\C/C=C\C/C=C\C/C=C\C/C=C\C/C=C\C/C=C\C/C=C\CCCCCCCCCCCCC(=O)OCC(COC(=O)CCCCCCCCCCCCCCC)OC(=O)CCCCCCC/C=C\C/C=C\CCC. The predicted octanol–water partition coefficient (Wildman–Crippen LogP) is 22.8. The summed E-state index contributed by atoms with van der Waals surface area (Å²) in [4.78, 5) is 38.2. The van der Waals surface area contributed by atoms with Crippen molar-refractivity contribution < 1.29 is 28.6 Å². The average molecular weight is 1100 g/mol. The zero-order valence-corrected chi connectivity index (χ0v) is 51.6. The molecule has 450 valence electrons. The minimum Gasteiger partial charge on any atom is -0.462 e. The van der Waals surface area contributed by atoms with Crippen LogP contribution >= 0.6 is 0 Å². The number of allylic oxidation sites excluding steroid dienone is 20. The lowest BCUT2D eigenvalue weighted by Gasteiger charge is -2.18. The zero-order valence-electron chi connectivity index (χ0n) is 51.6. The molecule has 0 saturated heterocycles. The molecule has 0 aliphatic carbocycles. The van der Waals surface area contributed by atoms with Gasteiger partial charge in [0.25, 0.3) is 0 Å². The first-order valence-corrected chi connectivity index (χ1v) is 33.0. The van der Waals surface area contributed by atoms with Gasteiger partial charge in [-0.15, -0.1) is 0 Å². The Balaban J connectivity index is 4.19. The highest BCUT2D eigenvalue weighted by Gasteiger charge is 2.19. The number of unbranched alkanes of at least 4 members (excludes halogenated alkanes) is 28. The van der Waals surface area contributed by atoms with Crippen LogP contribution in [0.5, 0.6) is 0 Å². The van der Waals surface area contributed by atoms with Crippen LogP contribution in [0.15, 0.2) is 122 Å². The van der Waals surface area contributed by atoms with Gasteiger partial charge in [0.2, 0.25) is 0 Å². The van der Waals surface area contributed by atoms with E-state index in [1.807, 2.05) is 0 Å². The monoisotopic (exact) mass is 1090 g/mol. The lowest BCUT2D eigenvalue weighted by molar-refractivity contribution is -0.167. The molecular formula is C73H122O6. The minimum absolute atomic E-state index is 0.0829. The molecule has 0 amide bonds. The van der Waals surface area contributed by atoms with Crippen molar-refractivity contribution in [2.24, 2.45) is 0 Å². The Kier molecular flexibility index (Phi) is 62.8. The summed E-state index contributed by atoms with van der Waals surface area (Å²) in [5.74, 6) is -0.896. The van der Waals surface area contributed by atoms with Crippen molar-refractivity contribution >= 4 is 17.9 Å². The van der Waals surface area contributed by atoms with E-state index in [1.165, 1.54) is 122 Å². The highest BCUT2D eigenvalue weighted by atomic mass is 16.6. The maximum absolute atomic E-state index is 12.9. The molecule has 0 radical (unpaired) electrons. The predicted molar refractivity (Wildman–Crippen MR) is 343 cm³/mol. The molecule has 0 aromatic heterocycles. The molecule has 0 heterocycles. The third kappa shape index (κ3) is 64.5. The van der Waals surface area contributed by atoms with Gasteiger partial charge in [0.1, 0.15) is 13.2 Å². The van der Waals surface area contributed by atoms with Gasteiger partial charge in [-0.1, -0.05) is 296 Å². The molecule has 0 rings (SSSR count). The largest absolute Gasteiger partial charge is 0.462 e. The minimum atomic E-state index is -0.787. The van der Waals surface area contributed by atoms with Crippen LogP contribution in [0.2, 0.25) is 0 Å². The first-order chi connectivity index (χ1) is 39.0. The second-order valence-electron chi connectivity index (χ2n) is 21.6. The quantitative estimate of drug-likeness (QED) is 0.0261. The van der Waals surface area contributed by atoms with Crippen molar-refractivity contribution in [3.8, 4) is 0 Å². The van der Waals surface area contributed by atoms with Crippen LogP contribution in [-0.4, -0.2) is 37.2 Å². The fourth-order valence-electron chi connectivity index (χ4n) is 9.03. The van der Waals surface area contributed by atoms with E-state index in [1.54, 1.807) is 0 Å². The summed E-state index contributed by atoms with van der Waals surface area (Å²) in [5.41, 5.74) is 0. The Labute approximate surface area is 488 Å². The lowest BCUT2D eigenvalue weighted by Crippen LogP contribution is -2.30. The molecule has 0 aromatic carbocycles. The fraction of sp³-hybridized carbons (Fsp3) is 0.685. The summed E-state index contributed by atoms with van der Waals surface area (Å²) in [7, 11) is 0. The van der Waals surface area contributed by atoms with E-state index >= 15 is 0 Å². The van der Waals surface area contributed by atoms with E-state index in [0.29, 0.717) is 19.3 Å². The second kappa shape index (κ2) is 66.3. The van der Waals surface area contributed by atoms with Crippen LogP contribution in [0.4, 0.5) is 0 Å². The normalized spacial score (nSPS) is 12.9. The van der Waals surface area contributed by atoms with Crippen molar-refractivity contribution in [1.82, 2.24) is 0 Å². The maximum atomic E-state index is 12.9. The molecule has 0 aromatic rings. The van der Waals surface area contributed by atoms with Crippen molar-refractivity contribution in [2.75, 3.05) is 13.2 Å². The third-order valence-corrected chi connectivity index (χ3v) is 13.9. The summed E-state index contributed by atoms with van der Waals surface area (Å²) < 4.78 is 16.9. The Morgan fingerprint density at radius 2 is 0.519 bits per heavy atom. The molecule has 0 aliphatic rings. The highest BCUT2D eigenvalue weighted by Crippen LogP contribution is 2.16. The summed E-state index contributed by atoms with van der Waals surface area (Å²) in [6.07, 6.45) is 92.2. The van der Waals surface area contributed by atoms with Gasteiger partial charge in [-0.2, -0.15) is 0 Å². The molecule has 79 heavy (non-hydrogen) atoms.